The van der Waals surface area contributed by atoms with Gasteiger partial charge in [0.1, 0.15) is 11.6 Å². The molecule has 0 bridgehead atoms. The Morgan fingerprint density at radius 2 is 1.96 bits per heavy atom. The number of amides is 1. The number of benzene rings is 1. The van der Waals surface area contributed by atoms with E-state index in [0.717, 1.165) is 21.4 Å². The van der Waals surface area contributed by atoms with Crippen molar-refractivity contribution in [3.63, 3.8) is 0 Å². The SMILES string of the molecule is Cc1nn(CC(=O)Nc2nn(Cc3ccccc3)cc2Cl)c(C)c1Br. The number of carbonyl (C=O) groups is 1. The molecule has 8 heteroatoms. The van der Waals surface area contributed by atoms with Crippen LogP contribution in [0.1, 0.15) is 17.0 Å². The minimum atomic E-state index is -0.232. The second-order valence-corrected chi connectivity index (χ2v) is 6.90. The van der Waals surface area contributed by atoms with Gasteiger partial charge in [-0.05, 0) is 35.3 Å². The maximum absolute atomic E-state index is 12.3. The van der Waals surface area contributed by atoms with Crippen molar-refractivity contribution in [3.05, 3.63) is 63.0 Å². The van der Waals surface area contributed by atoms with E-state index in [9.17, 15) is 4.79 Å². The molecule has 0 fully saturated rings. The number of nitrogens with one attached hydrogen (secondary N) is 1. The van der Waals surface area contributed by atoms with Crippen molar-refractivity contribution < 1.29 is 4.79 Å². The first kappa shape index (κ1) is 17.7. The highest BCUT2D eigenvalue weighted by Crippen LogP contribution is 2.21. The zero-order valence-electron chi connectivity index (χ0n) is 13.8. The molecule has 0 aliphatic heterocycles. The van der Waals surface area contributed by atoms with Gasteiger partial charge in [-0.1, -0.05) is 41.9 Å². The minimum absolute atomic E-state index is 0.0974. The largest absolute Gasteiger partial charge is 0.306 e. The smallest absolute Gasteiger partial charge is 0.247 e. The van der Waals surface area contributed by atoms with Crippen LogP contribution in [0.5, 0.6) is 0 Å². The molecule has 2 heterocycles. The molecule has 0 saturated heterocycles. The first-order valence-corrected chi connectivity index (χ1v) is 8.87. The number of anilines is 1. The van der Waals surface area contributed by atoms with Gasteiger partial charge in [-0.3, -0.25) is 14.2 Å². The van der Waals surface area contributed by atoms with E-state index in [2.05, 4.69) is 31.4 Å². The molecular formula is C17H17BrClN5O. The Hall–Kier alpha value is -2.12. The molecule has 0 aliphatic rings. The molecule has 0 atom stereocenters. The van der Waals surface area contributed by atoms with E-state index in [0.29, 0.717) is 17.4 Å². The Balaban J connectivity index is 1.68. The second-order valence-electron chi connectivity index (χ2n) is 5.70. The summed E-state index contributed by atoms with van der Waals surface area (Å²) < 4.78 is 4.25. The summed E-state index contributed by atoms with van der Waals surface area (Å²) in [5.41, 5.74) is 2.84. The lowest BCUT2D eigenvalue weighted by molar-refractivity contribution is -0.117. The van der Waals surface area contributed by atoms with E-state index in [1.165, 1.54) is 0 Å². The number of carbonyl (C=O) groups excluding carboxylic acids is 1. The summed E-state index contributed by atoms with van der Waals surface area (Å²) in [5, 5.41) is 11.8. The highest BCUT2D eigenvalue weighted by atomic mass is 79.9. The maximum atomic E-state index is 12.3. The molecule has 1 amide bonds. The Kier molecular flexibility index (Phi) is 5.24. The first-order chi connectivity index (χ1) is 11.9. The van der Waals surface area contributed by atoms with Gasteiger partial charge in [-0.25, -0.2) is 0 Å². The number of nitrogens with zero attached hydrogens (tertiary/aromatic N) is 4. The van der Waals surface area contributed by atoms with Crippen molar-refractivity contribution in [3.8, 4) is 0 Å². The fraction of sp³-hybridized carbons (Fsp3) is 0.235. The van der Waals surface area contributed by atoms with E-state index in [4.69, 9.17) is 11.6 Å². The van der Waals surface area contributed by atoms with Crippen LogP contribution in [0.25, 0.3) is 0 Å². The van der Waals surface area contributed by atoms with E-state index >= 15 is 0 Å². The number of rotatable bonds is 5. The van der Waals surface area contributed by atoms with Crippen LogP contribution in [-0.2, 0) is 17.9 Å². The molecule has 130 valence electrons. The second kappa shape index (κ2) is 7.41. The quantitative estimate of drug-likeness (QED) is 0.680. The van der Waals surface area contributed by atoms with Gasteiger partial charge in [0, 0.05) is 6.20 Å². The van der Waals surface area contributed by atoms with Crippen molar-refractivity contribution >= 4 is 39.3 Å². The van der Waals surface area contributed by atoms with Crippen molar-refractivity contribution in [1.82, 2.24) is 19.6 Å². The Labute approximate surface area is 158 Å². The lowest BCUT2D eigenvalue weighted by Gasteiger charge is -2.05. The van der Waals surface area contributed by atoms with Crippen molar-refractivity contribution in [2.45, 2.75) is 26.9 Å². The van der Waals surface area contributed by atoms with Crippen LogP contribution in [0.4, 0.5) is 5.82 Å². The molecule has 1 N–H and O–H groups in total. The first-order valence-electron chi connectivity index (χ1n) is 7.70. The Morgan fingerprint density at radius 3 is 2.60 bits per heavy atom. The molecule has 3 rings (SSSR count). The van der Waals surface area contributed by atoms with E-state index in [-0.39, 0.29) is 12.5 Å². The van der Waals surface area contributed by atoms with Gasteiger partial charge < -0.3 is 5.32 Å². The molecule has 0 radical (unpaired) electrons. The van der Waals surface area contributed by atoms with E-state index in [1.807, 2.05) is 44.2 Å². The molecular weight excluding hydrogens is 406 g/mol. The summed E-state index contributed by atoms with van der Waals surface area (Å²) in [5.74, 6) is 0.119. The Bertz CT molecular complexity index is 903. The van der Waals surface area contributed by atoms with Crippen molar-refractivity contribution in [2.24, 2.45) is 0 Å². The van der Waals surface area contributed by atoms with E-state index < -0.39 is 0 Å². The van der Waals surface area contributed by atoms with Gasteiger partial charge in [-0.2, -0.15) is 10.2 Å². The lowest BCUT2D eigenvalue weighted by atomic mass is 10.2. The topological polar surface area (TPSA) is 64.7 Å². The summed E-state index contributed by atoms with van der Waals surface area (Å²) in [6.45, 7) is 4.47. The summed E-state index contributed by atoms with van der Waals surface area (Å²) in [6.07, 6.45) is 1.70. The third-order valence-corrected chi connectivity index (χ3v) is 5.17. The number of aryl methyl sites for hydroxylation is 1. The predicted molar refractivity (Wildman–Crippen MR) is 101 cm³/mol. The van der Waals surface area contributed by atoms with Crippen LogP contribution in [0, 0.1) is 13.8 Å². The van der Waals surface area contributed by atoms with Gasteiger partial charge in [-0.15, -0.1) is 0 Å². The number of aromatic nitrogens is 4. The summed E-state index contributed by atoms with van der Waals surface area (Å²) in [6, 6.07) is 9.91. The lowest BCUT2D eigenvalue weighted by Crippen LogP contribution is -2.21. The molecule has 0 saturated carbocycles. The molecule has 0 aliphatic carbocycles. The normalized spacial score (nSPS) is 10.9. The fourth-order valence-corrected chi connectivity index (χ4v) is 2.95. The average molecular weight is 423 g/mol. The van der Waals surface area contributed by atoms with Crippen LogP contribution in [0.2, 0.25) is 5.02 Å². The van der Waals surface area contributed by atoms with Gasteiger partial charge in [0.2, 0.25) is 5.91 Å². The molecule has 2 aromatic heterocycles. The molecule has 25 heavy (non-hydrogen) atoms. The standard InChI is InChI=1S/C17H17BrClN5O/c1-11-16(18)12(2)24(21-11)10-15(25)20-17-14(19)9-23(22-17)8-13-6-4-3-5-7-13/h3-7,9H,8,10H2,1-2H3,(H,20,22,25). The molecule has 1 aromatic carbocycles. The fourth-order valence-electron chi connectivity index (χ4n) is 2.47. The summed E-state index contributed by atoms with van der Waals surface area (Å²) in [7, 11) is 0. The molecule has 0 spiro atoms. The number of hydrogen-bond donors (Lipinski definition) is 1. The van der Waals surface area contributed by atoms with Gasteiger partial charge in [0.15, 0.2) is 5.82 Å². The van der Waals surface area contributed by atoms with Gasteiger partial charge in [0.25, 0.3) is 0 Å². The molecule has 6 nitrogen and oxygen atoms in total. The van der Waals surface area contributed by atoms with Crippen LogP contribution in [0.3, 0.4) is 0 Å². The van der Waals surface area contributed by atoms with Crippen LogP contribution in [0.15, 0.2) is 41.0 Å². The highest BCUT2D eigenvalue weighted by Gasteiger charge is 2.15. The third-order valence-electron chi connectivity index (χ3n) is 3.75. The third kappa shape index (κ3) is 4.11. The maximum Gasteiger partial charge on any atom is 0.247 e. The highest BCUT2D eigenvalue weighted by molar-refractivity contribution is 9.10. The van der Waals surface area contributed by atoms with Crippen molar-refractivity contribution in [1.29, 1.82) is 0 Å². The van der Waals surface area contributed by atoms with Gasteiger partial charge in [0.05, 0.1) is 22.4 Å². The van der Waals surface area contributed by atoms with Crippen LogP contribution in [-0.4, -0.2) is 25.5 Å². The minimum Gasteiger partial charge on any atom is -0.306 e. The van der Waals surface area contributed by atoms with Crippen molar-refractivity contribution in [2.75, 3.05) is 5.32 Å². The summed E-state index contributed by atoms with van der Waals surface area (Å²) >= 11 is 9.64. The average Bonchev–Trinajstić information content (AvgIpc) is 3.03. The predicted octanol–water partition coefficient (Wildman–Crippen LogP) is 3.80. The number of halogens is 2. The molecule has 0 unspecified atom stereocenters. The number of hydrogen-bond acceptors (Lipinski definition) is 3. The molecule has 3 aromatic rings. The van der Waals surface area contributed by atoms with Crippen LogP contribution < -0.4 is 5.32 Å². The zero-order chi connectivity index (χ0) is 18.0. The Morgan fingerprint density at radius 1 is 1.24 bits per heavy atom. The zero-order valence-corrected chi connectivity index (χ0v) is 16.2. The monoisotopic (exact) mass is 421 g/mol. The van der Waals surface area contributed by atoms with E-state index in [1.54, 1.807) is 15.6 Å². The van der Waals surface area contributed by atoms with Crippen LogP contribution >= 0.6 is 27.5 Å². The van der Waals surface area contributed by atoms with Gasteiger partial charge >= 0.3 is 0 Å². The summed E-state index contributed by atoms with van der Waals surface area (Å²) in [4.78, 5) is 12.3.